The predicted octanol–water partition coefficient (Wildman–Crippen LogP) is 4.85. The Morgan fingerprint density at radius 1 is 1.09 bits per heavy atom. The summed E-state index contributed by atoms with van der Waals surface area (Å²) in [6, 6.07) is 16.6. The Bertz CT molecular complexity index is 798. The fourth-order valence-corrected chi connectivity index (χ4v) is 3.57. The average Bonchev–Trinajstić information content (AvgIpc) is 2.87. The van der Waals surface area contributed by atoms with E-state index in [1.807, 2.05) is 25.2 Å². The zero-order chi connectivity index (χ0) is 15.5. The van der Waals surface area contributed by atoms with Crippen molar-refractivity contribution >= 4 is 27.7 Å². The van der Waals surface area contributed by atoms with Crippen LogP contribution in [-0.2, 0) is 12.8 Å². The molecule has 5 heteroatoms. The highest BCUT2D eigenvalue weighted by atomic mass is 79.9. The lowest BCUT2D eigenvalue weighted by Crippen LogP contribution is -1.96. The van der Waals surface area contributed by atoms with Crippen LogP contribution in [0.3, 0.4) is 0 Å². The molecule has 0 amide bonds. The Morgan fingerprint density at radius 3 is 2.68 bits per heavy atom. The summed E-state index contributed by atoms with van der Waals surface area (Å²) in [5.74, 6) is 1.79. The molecule has 0 unspecified atom stereocenters. The van der Waals surface area contributed by atoms with Gasteiger partial charge in [-0.2, -0.15) is 0 Å². The fourth-order valence-electron chi connectivity index (χ4n) is 2.27. The second kappa shape index (κ2) is 6.67. The standard InChI is InChI=1S/C17H16BrN3S/c1-12-6-3-4-9-15(12)16-19-20-17(21(16)2)22-11-13-7-5-8-14(18)10-13/h3-10H,11H2,1-2H3. The third-order valence-corrected chi connectivity index (χ3v) is 5.06. The van der Waals surface area contributed by atoms with E-state index < -0.39 is 0 Å². The van der Waals surface area contributed by atoms with Crippen LogP contribution in [0.5, 0.6) is 0 Å². The lowest BCUT2D eigenvalue weighted by molar-refractivity contribution is 0.793. The number of aryl methyl sites for hydroxylation is 1. The van der Waals surface area contributed by atoms with E-state index >= 15 is 0 Å². The number of aromatic nitrogens is 3. The van der Waals surface area contributed by atoms with E-state index in [9.17, 15) is 0 Å². The number of thioether (sulfide) groups is 1. The SMILES string of the molecule is Cc1ccccc1-c1nnc(SCc2cccc(Br)c2)n1C. The summed E-state index contributed by atoms with van der Waals surface area (Å²) in [5.41, 5.74) is 3.60. The van der Waals surface area contributed by atoms with Gasteiger partial charge in [0.2, 0.25) is 0 Å². The summed E-state index contributed by atoms with van der Waals surface area (Å²) in [6.45, 7) is 2.10. The van der Waals surface area contributed by atoms with Crippen LogP contribution in [0.1, 0.15) is 11.1 Å². The maximum Gasteiger partial charge on any atom is 0.191 e. The van der Waals surface area contributed by atoms with Crippen molar-refractivity contribution in [2.24, 2.45) is 7.05 Å². The average molecular weight is 374 g/mol. The summed E-state index contributed by atoms with van der Waals surface area (Å²) in [4.78, 5) is 0. The first-order valence-corrected chi connectivity index (χ1v) is 8.75. The van der Waals surface area contributed by atoms with E-state index in [1.54, 1.807) is 11.8 Å². The molecule has 3 aromatic rings. The fraction of sp³-hybridized carbons (Fsp3) is 0.176. The summed E-state index contributed by atoms with van der Waals surface area (Å²) in [5, 5.41) is 9.62. The van der Waals surface area contributed by atoms with Gasteiger partial charge in [0, 0.05) is 22.8 Å². The first kappa shape index (κ1) is 15.3. The van der Waals surface area contributed by atoms with Crippen molar-refractivity contribution in [1.29, 1.82) is 0 Å². The highest BCUT2D eigenvalue weighted by Crippen LogP contribution is 2.27. The van der Waals surface area contributed by atoms with Crippen LogP contribution in [0, 0.1) is 6.92 Å². The molecule has 3 rings (SSSR count). The van der Waals surface area contributed by atoms with Gasteiger partial charge in [0.15, 0.2) is 11.0 Å². The van der Waals surface area contributed by atoms with Gasteiger partial charge in [0.25, 0.3) is 0 Å². The topological polar surface area (TPSA) is 30.7 Å². The maximum absolute atomic E-state index is 4.36. The Morgan fingerprint density at radius 2 is 1.91 bits per heavy atom. The molecule has 0 N–H and O–H groups in total. The lowest BCUT2D eigenvalue weighted by Gasteiger charge is -2.06. The number of nitrogens with zero attached hydrogens (tertiary/aromatic N) is 3. The largest absolute Gasteiger partial charge is 0.305 e. The molecular weight excluding hydrogens is 358 g/mol. The van der Waals surface area contributed by atoms with Gasteiger partial charge in [0.05, 0.1) is 0 Å². The molecule has 112 valence electrons. The van der Waals surface area contributed by atoms with Crippen molar-refractivity contribution in [3.63, 3.8) is 0 Å². The molecule has 1 aromatic heterocycles. The van der Waals surface area contributed by atoms with E-state index in [0.29, 0.717) is 0 Å². The smallest absolute Gasteiger partial charge is 0.191 e. The van der Waals surface area contributed by atoms with Gasteiger partial charge in [-0.1, -0.05) is 64.1 Å². The first-order chi connectivity index (χ1) is 10.6. The third-order valence-electron chi connectivity index (χ3n) is 3.48. The number of rotatable bonds is 4. The minimum Gasteiger partial charge on any atom is -0.305 e. The summed E-state index contributed by atoms with van der Waals surface area (Å²) >= 11 is 5.20. The summed E-state index contributed by atoms with van der Waals surface area (Å²) in [6.07, 6.45) is 0. The molecule has 0 spiro atoms. The zero-order valence-electron chi connectivity index (χ0n) is 12.5. The number of benzene rings is 2. The van der Waals surface area contributed by atoms with Crippen molar-refractivity contribution < 1.29 is 0 Å². The van der Waals surface area contributed by atoms with Crippen molar-refractivity contribution in [3.05, 3.63) is 64.1 Å². The maximum atomic E-state index is 4.36. The molecule has 22 heavy (non-hydrogen) atoms. The molecule has 0 atom stereocenters. The van der Waals surface area contributed by atoms with E-state index in [2.05, 4.69) is 67.9 Å². The Balaban J connectivity index is 1.81. The highest BCUT2D eigenvalue weighted by Gasteiger charge is 2.12. The molecule has 3 nitrogen and oxygen atoms in total. The van der Waals surface area contributed by atoms with Gasteiger partial charge in [0.1, 0.15) is 0 Å². The van der Waals surface area contributed by atoms with Gasteiger partial charge in [-0.15, -0.1) is 10.2 Å². The molecule has 0 fully saturated rings. The van der Waals surface area contributed by atoms with E-state index in [4.69, 9.17) is 0 Å². The monoisotopic (exact) mass is 373 g/mol. The van der Waals surface area contributed by atoms with Crippen LogP contribution < -0.4 is 0 Å². The van der Waals surface area contributed by atoms with Crippen molar-refractivity contribution in [1.82, 2.24) is 14.8 Å². The van der Waals surface area contributed by atoms with E-state index in [-0.39, 0.29) is 0 Å². The Hall–Kier alpha value is -1.59. The Labute approximate surface area is 142 Å². The van der Waals surface area contributed by atoms with Gasteiger partial charge in [-0.3, -0.25) is 0 Å². The molecule has 0 radical (unpaired) electrons. The van der Waals surface area contributed by atoms with Crippen molar-refractivity contribution in [3.8, 4) is 11.4 Å². The van der Waals surface area contributed by atoms with Crippen molar-refractivity contribution in [2.75, 3.05) is 0 Å². The zero-order valence-corrected chi connectivity index (χ0v) is 14.9. The molecule has 0 saturated carbocycles. The quantitative estimate of drug-likeness (QED) is 0.612. The van der Waals surface area contributed by atoms with E-state index in [0.717, 1.165) is 26.8 Å². The van der Waals surface area contributed by atoms with Crippen LogP contribution >= 0.6 is 27.7 Å². The van der Waals surface area contributed by atoms with Crippen LogP contribution in [0.25, 0.3) is 11.4 Å². The van der Waals surface area contributed by atoms with E-state index in [1.165, 1.54) is 11.1 Å². The molecule has 0 saturated heterocycles. The Kier molecular flexibility index (Phi) is 4.64. The lowest BCUT2D eigenvalue weighted by atomic mass is 10.1. The number of halogens is 1. The third kappa shape index (κ3) is 3.25. The molecule has 1 heterocycles. The molecule has 0 bridgehead atoms. The summed E-state index contributed by atoms with van der Waals surface area (Å²) < 4.78 is 3.16. The highest BCUT2D eigenvalue weighted by molar-refractivity contribution is 9.10. The van der Waals surface area contributed by atoms with Crippen LogP contribution in [0.15, 0.2) is 58.2 Å². The molecule has 2 aromatic carbocycles. The van der Waals surface area contributed by atoms with Crippen LogP contribution in [-0.4, -0.2) is 14.8 Å². The number of hydrogen-bond acceptors (Lipinski definition) is 3. The molecule has 0 aliphatic rings. The van der Waals surface area contributed by atoms with Gasteiger partial charge in [-0.25, -0.2) is 0 Å². The molecular formula is C17H16BrN3S. The van der Waals surface area contributed by atoms with Gasteiger partial charge >= 0.3 is 0 Å². The first-order valence-electron chi connectivity index (χ1n) is 6.98. The van der Waals surface area contributed by atoms with Crippen LogP contribution in [0.2, 0.25) is 0 Å². The summed E-state index contributed by atoms with van der Waals surface area (Å²) in [7, 11) is 2.02. The van der Waals surface area contributed by atoms with Crippen LogP contribution in [0.4, 0.5) is 0 Å². The normalized spacial score (nSPS) is 10.9. The predicted molar refractivity (Wildman–Crippen MR) is 94.9 cm³/mol. The molecule has 0 aliphatic carbocycles. The van der Waals surface area contributed by atoms with Crippen molar-refractivity contribution in [2.45, 2.75) is 17.8 Å². The van der Waals surface area contributed by atoms with Gasteiger partial charge in [-0.05, 0) is 30.2 Å². The minimum atomic E-state index is 0.874. The second-order valence-electron chi connectivity index (χ2n) is 5.10. The number of hydrogen-bond donors (Lipinski definition) is 0. The molecule has 0 aliphatic heterocycles. The second-order valence-corrected chi connectivity index (χ2v) is 6.96. The van der Waals surface area contributed by atoms with Gasteiger partial charge < -0.3 is 4.57 Å². The minimum absolute atomic E-state index is 0.874.